The Bertz CT molecular complexity index is 1130. The van der Waals surface area contributed by atoms with Gasteiger partial charge in [0, 0.05) is 22.4 Å². The molecule has 2 aromatic carbocycles. The van der Waals surface area contributed by atoms with Crippen LogP contribution in [0.1, 0.15) is 21.8 Å². The topological polar surface area (TPSA) is 68.7 Å². The van der Waals surface area contributed by atoms with Crippen molar-refractivity contribution in [3.8, 4) is 11.5 Å². The first-order valence-corrected chi connectivity index (χ1v) is 8.25. The quantitative estimate of drug-likeness (QED) is 0.446. The maximum atomic E-state index is 13.6. The summed E-state index contributed by atoms with van der Waals surface area (Å²) in [5, 5.41) is 8.78. The average Bonchev–Trinajstić information content (AvgIpc) is 2.63. The third kappa shape index (κ3) is 3.44. The maximum absolute atomic E-state index is 13.6. The van der Waals surface area contributed by atoms with Crippen molar-refractivity contribution in [2.75, 3.05) is 14.2 Å². The molecule has 0 radical (unpaired) electrons. The van der Waals surface area contributed by atoms with Crippen LogP contribution in [0, 0.1) is 0 Å². The van der Waals surface area contributed by atoms with E-state index in [1.54, 1.807) is 0 Å². The third-order valence-corrected chi connectivity index (χ3v) is 4.51. The van der Waals surface area contributed by atoms with Crippen molar-refractivity contribution in [3.05, 3.63) is 41.5 Å². The Labute approximate surface area is 164 Å². The lowest BCUT2D eigenvalue weighted by atomic mass is 9.88. The highest BCUT2D eigenvalue weighted by molar-refractivity contribution is 6.15. The number of carbonyl (C=O) groups is 1. The fourth-order valence-corrected chi connectivity index (χ4v) is 3.42. The number of hydrogen-bond acceptors (Lipinski definition) is 4. The molecule has 5 nitrogen and oxygen atoms in total. The van der Waals surface area contributed by atoms with Crippen molar-refractivity contribution in [2.45, 2.75) is 18.3 Å². The van der Waals surface area contributed by atoms with Crippen LogP contribution in [0.25, 0.3) is 21.8 Å². The van der Waals surface area contributed by atoms with Gasteiger partial charge in [0.05, 0.1) is 30.8 Å². The van der Waals surface area contributed by atoms with Crippen LogP contribution in [0.4, 0.5) is 26.3 Å². The summed E-state index contributed by atoms with van der Waals surface area (Å²) in [6.45, 7) is 0. The van der Waals surface area contributed by atoms with Gasteiger partial charge < -0.3 is 14.6 Å². The van der Waals surface area contributed by atoms with Gasteiger partial charge in [-0.1, -0.05) is 18.2 Å². The average molecular weight is 433 g/mol. The first kappa shape index (κ1) is 21.5. The van der Waals surface area contributed by atoms with Crippen molar-refractivity contribution in [1.82, 2.24) is 4.98 Å². The Morgan fingerprint density at radius 3 is 2.10 bits per heavy atom. The molecular formula is C19H13F6NO4. The van der Waals surface area contributed by atoms with Gasteiger partial charge in [-0.3, -0.25) is 0 Å². The molecule has 3 rings (SSSR count). The van der Waals surface area contributed by atoms with Crippen molar-refractivity contribution < 1.29 is 45.7 Å². The van der Waals surface area contributed by atoms with E-state index in [2.05, 4.69) is 4.98 Å². The molecular weight excluding hydrogens is 420 g/mol. The number of nitrogens with zero attached hydrogens (tertiary/aromatic N) is 1. The largest absolute Gasteiger partial charge is 0.493 e. The Hall–Kier alpha value is -3.24. The van der Waals surface area contributed by atoms with Crippen LogP contribution < -0.4 is 9.47 Å². The van der Waals surface area contributed by atoms with Gasteiger partial charge in [-0.2, -0.15) is 26.3 Å². The third-order valence-electron chi connectivity index (χ3n) is 4.51. The molecule has 0 bridgehead atoms. The fourth-order valence-electron chi connectivity index (χ4n) is 3.42. The lowest BCUT2D eigenvalue weighted by Gasteiger charge is -2.27. The first-order chi connectivity index (χ1) is 13.9. The number of aromatic nitrogens is 1. The van der Waals surface area contributed by atoms with Crippen LogP contribution in [0.3, 0.4) is 0 Å². The van der Waals surface area contributed by atoms with E-state index in [0.717, 1.165) is 20.3 Å². The molecule has 0 unspecified atom stereocenters. The molecule has 30 heavy (non-hydrogen) atoms. The molecule has 3 aromatic rings. The molecule has 0 aliphatic heterocycles. The predicted molar refractivity (Wildman–Crippen MR) is 94.2 cm³/mol. The Morgan fingerprint density at radius 1 is 1.00 bits per heavy atom. The van der Waals surface area contributed by atoms with Crippen molar-refractivity contribution in [3.63, 3.8) is 0 Å². The maximum Gasteiger partial charge on any atom is 0.404 e. The molecule has 0 aliphatic carbocycles. The zero-order chi connectivity index (χ0) is 22.4. The smallest absolute Gasteiger partial charge is 0.404 e. The van der Waals surface area contributed by atoms with E-state index in [1.165, 1.54) is 24.3 Å². The molecule has 160 valence electrons. The minimum Gasteiger partial charge on any atom is -0.493 e. The number of halogens is 6. The summed E-state index contributed by atoms with van der Waals surface area (Å²) in [4.78, 5) is 16.1. The fraction of sp³-hybridized carbons (Fsp3) is 0.263. The van der Waals surface area contributed by atoms with E-state index in [4.69, 9.17) is 9.47 Å². The van der Waals surface area contributed by atoms with Gasteiger partial charge in [-0.15, -0.1) is 0 Å². The van der Waals surface area contributed by atoms with Crippen molar-refractivity contribution in [1.29, 1.82) is 0 Å². The molecule has 11 heteroatoms. The van der Waals surface area contributed by atoms with E-state index >= 15 is 0 Å². The molecule has 0 saturated carbocycles. The van der Waals surface area contributed by atoms with Gasteiger partial charge in [0.2, 0.25) is 0 Å². The number of carboxylic acid groups (broad SMARTS) is 1. The van der Waals surface area contributed by atoms with Crippen LogP contribution in [-0.2, 0) is 0 Å². The summed E-state index contributed by atoms with van der Waals surface area (Å²) in [7, 11) is 1.90. The second-order valence-corrected chi connectivity index (χ2v) is 6.25. The van der Waals surface area contributed by atoms with Crippen LogP contribution >= 0.6 is 0 Å². The van der Waals surface area contributed by atoms with Gasteiger partial charge in [0.1, 0.15) is 0 Å². The summed E-state index contributed by atoms with van der Waals surface area (Å²) in [5.74, 6) is -7.06. The number of fused-ring (bicyclic) bond motifs is 2. The molecule has 1 heterocycles. The van der Waals surface area contributed by atoms with Gasteiger partial charge in [0.25, 0.3) is 0 Å². The second kappa shape index (κ2) is 7.22. The Balaban J connectivity index is 2.69. The molecule has 0 saturated heterocycles. The van der Waals surface area contributed by atoms with Crippen LogP contribution in [-0.4, -0.2) is 42.6 Å². The van der Waals surface area contributed by atoms with Gasteiger partial charge in [-0.25, -0.2) is 9.78 Å². The second-order valence-electron chi connectivity index (χ2n) is 6.25. The number of para-hydroxylation sites is 1. The number of methoxy groups -OCH3 is 2. The van der Waals surface area contributed by atoms with Crippen molar-refractivity contribution in [2.24, 2.45) is 0 Å². The molecule has 1 N–H and O–H groups in total. The van der Waals surface area contributed by atoms with Gasteiger partial charge in [0.15, 0.2) is 17.4 Å². The van der Waals surface area contributed by atoms with E-state index in [-0.39, 0.29) is 10.9 Å². The molecule has 0 amide bonds. The molecule has 0 atom stereocenters. The number of hydrogen-bond donors (Lipinski definition) is 1. The minimum absolute atomic E-state index is 0.0798. The minimum atomic E-state index is -5.80. The van der Waals surface area contributed by atoms with E-state index in [0.29, 0.717) is 0 Å². The normalized spacial score (nSPS) is 12.6. The number of benzene rings is 2. The van der Waals surface area contributed by atoms with E-state index < -0.39 is 57.8 Å². The standard InChI is InChI=1S/C19H13F6NO4/c1-29-11-7-10-13(12(17(27)28)8-5-3-4-6-9(8)26-10)14(15(11)30-2)16(18(20,21)22)19(23,24)25/h3-7,16H,1-2H3,(H,27,28). The summed E-state index contributed by atoms with van der Waals surface area (Å²) in [6, 6.07) is 6.58. The van der Waals surface area contributed by atoms with Crippen LogP contribution in [0.15, 0.2) is 30.3 Å². The molecule has 0 aliphatic rings. The predicted octanol–water partition coefficient (Wildman–Crippen LogP) is 5.31. The number of carboxylic acids is 1. The Morgan fingerprint density at radius 2 is 1.60 bits per heavy atom. The molecule has 0 spiro atoms. The lowest BCUT2D eigenvalue weighted by Crippen LogP contribution is -2.35. The molecule has 1 aromatic heterocycles. The van der Waals surface area contributed by atoms with Gasteiger partial charge >= 0.3 is 18.3 Å². The zero-order valence-electron chi connectivity index (χ0n) is 15.4. The summed E-state index contributed by atoms with van der Waals surface area (Å²) >= 11 is 0. The van der Waals surface area contributed by atoms with E-state index in [1.807, 2.05) is 0 Å². The number of pyridine rings is 1. The number of rotatable bonds is 4. The van der Waals surface area contributed by atoms with E-state index in [9.17, 15) is 36.2 Å². The number of ether oxygens (including phenoxy) is 2. The summed E-state index contributed by atoms with van der Waals surface area (Å²) in [6.07, 6.45) is -11.6. The first-order valence-electron chi connectivity index (χ1n) is 8.25. The van der Waals surface area contributed by atoms with Gasteiger partial charge in [-0.05, 0) is 6.07 Å². The van der Waals surface area contributed by atoms with Crippen LogP contribution in [0.2, 0.25) is 0 Å². The zero-order valence-corrected chi connectivity index (χ0v) is 15.4. The number of alkyl halides is 6. The highest BCUT2D eigenvalue weighted by Crippen LogP contribution is 2.54. The highest BCUT2D eigenvalue weighted by Gasteiger charge is 2.59. The highest BCUT2D eigenvalue weighted by atomic mass is 19.4. The Kier molecular flexibility index (Phi) is 5.17. The monoisotopic (exact) mass is 433 g/mol. The van der Waals surface area contributed by atoms with Crippen molar-refractivity contribution >= 4 is 27.8 Å². The molecule has 0 fully saturated rings. The number of aromatic carboxylic acids is 1. The SMILES string of the molecule is COc1cc2nc3ccccc3c(C(=O)O)c2c(C(C(F)(F)F)C(F)(F)F)c1OC. The summed E-state index contributed by atoms with van der Waals surface area (Å²) < 4.78 is 91.6. The lowest BCUT2D eigenvalue weighted by molar-refractivity contribution is -0.253. The summed E-state index contributed by atoms with van der Waals surface area (Å²) in [5.41, 5.74) is -2.49. The van der Waals surface area contributed by atoms with Crippen LogP contribution in [0.5, 0.6) is 11.5 Å².